The molecule has 2 aliphatic heterocycles. The van der Waals surface area contributed by atoms with Gasteiger partial charge in [-0.15, -0.1) is 0 Å². The van der Waals surface area contributed by atoms with Crippen LogP contribution in [0.1, 0.15) is 6.92 Å². The molecule has 14 heteroatoms. The molecule has 2 heterocycles. The summed E-state index contributed by atoms with van der Waals surface area (Å²) in [4.78, 5) is 0. The molecular weight excluding hydrogens is 438 g/mol. The Morgan fingerprint density at radius 3 is 1.78 bits per heavy atom. The molecule has 1 saturated carbocycles. The Hall–Kier alpha value is -0.560. The topological polar surface area (TPSA) is 245 Å². The van der Waals surface area contributed by atoms with Crippen molar-refractivity contribution in [2.75, 3.05) is 13.2 Å². The SMILES string of the molecule is C[C@H]1O[C@H](O[C@@H]2[C@@H](O)[C@H](O)[C@H](OC3C(O)C(O)C(N)C3CO)O[C@@H]2CO)[C@H](O)[C@@H](O)[C@@H]1O. The van der Waals surface area contributed by atoms with Crippen LogP contribution >= 0.6 is 0 Å². The van der Waals surface area contributed by atoms with Gasteiger partial charge in [-0.1, -0.05) is 0 Å². The van der Waals surface area contributed by atoms with E-state index in [0.717, 1.165) is 0 Å². The first-order valence-corrected chi connectivity index (χ1v) is 10.4. The van der Waals surface area contributed by atoms with Crippen LogP contribution in [0.5, 0.6) is 0 Å². The molecule has 14 nitrogen and oxygen atoms in total. The summed E-state index contributed by atoms with van der Waals surface area (Å²) >= 11 is 0. The maximum Gasteiger partial charge on any atom is 0.187 e. The molecule has 2 saturated heterocycles. The van der Waals surface area contributed by atoms with Crippen LogP contribution < -0.4 is 5.73 Å². The van der Waals surface area contributed by atoms with E-state index in [1.807, 2.05) is 0 Å². The highest BCUT2D eigenvalue weighted by molar-refractivity contribution is 5.02. The van der Waals surface area contributed by atoms with Gasteiger partial charge >= 0.3 is 0 Å². The number of rotatable bonds is 6. The molecule has 3 rings (SSSR count). The molecule has 3 aliphatic rings. The minimum atomic E-state index is -1.78. The lowest BCUT2D eigenvalue weighted by molar-refractivity contribution is -0.363. The molecule has 11 N–H and O–H groups in total. The summed E-state index contributed by atoms with van der Waals surface area (Å²) < 4.78 is 21.8. The van der Waals surface area contributed by atoms with Gasteiger partial charge in [-0.3, -0.25) is 0 Å². The van der Waals surface area contributed by atoms with Crippen molar-refractivity contribution in [3.63, 3.8) is 0 Å². The highest BCUT2D eigenvalue weighted by Crippen LogP contribution is 2.34. The molecule has 15 atom stereocenters. The molecule has 32 heavy (non-hydrogen) atoms. The fraction of sp³-hybridized carbons (Fsp3) is 1.00. The third kappa shape index (κ3) is 4.67. The van der Waals surface area contributed by atoms with E-state index in [4.69, 9.17) is 24.7 Å². The highest BCUT2D eigenvalue weighted by atomic mass is 16.7. The highest BCUT2D eigenvalue weighted by Gasteiger charge is 2.54. The van der Waals surface area contributed by atoms with E-state index in [-0.39, 0.29) is 0 Å². The molecule has 0 aromatic heterocycles. The summed E-state index contributed by atoms with van der Waals surface area (Å²) in [5.41, 5.74) is 5.77. The van der Waals surface area contributed by atoms with E-state index in [0.29, 0.717) is 0 Å². The Morgan fingerprint density at radius 2 is 1.19 bits per heavy atom. The van der Waals surface area contributed by atoms with E-state index in [1.165, 1.54) is 6.92 Å². The molecule has 0 spiro atoms. The minimum Gasteiger partial charge on any atom is -0.396 e. The lowest BCUT2D eigenvalue weighted by Gasteiger charge is -2.46. The molecule has 0 amide bonds. The monoisotopic (exact) mass is 471 g/mol. The average molecular weight is 471 g/mol. The maximum atomic E-state index is 10.6. The Bertz CT molecular complexity index is 613. The Balaban J connectivity index is 1.71. The largest absolute Gasteiger partial charge is 0.396 e. The molecule has 0 radical (unpaired) electrons. The zero-order valence-electron chi connectivity index (χ0n) is 17.3. The van der Waals surface area contributed by atoms with Gasteiger partial charge in [0.2, 0.25) is 0 Å². The van der Waals surface area contributed by atoms with Crippen LogP contribution in [0.4, 0.5) is 0 Å². The van der Waals surface area contributed by atoms with Crippen LogP contribution in [-0.2, 0) is 18.9 Å². The first-order chi connectivity index (χ1) is 15.0. The van der Waals surface area contributed by atoms with Gasteiger partial charge in [-0.25, -0.2) is 0 Å². The second-order valence-electron chi connectivity index (χ2n) is 8.49. The quantitative estimate of drug-likeness (QED) is 0.173. The Kier molecular flexibility index (Phi) is 8.44. The summed E-state index contributed by atoms with van der Waals surface area (Å²) in [6.07, 6.45) is -19.1. The third-order valence-electron chi connectivity index (χ3n) is 6.42. The van der Waals surface area contributed by atoms with Gasteiger partial charge < -0.3 is 70.6 Å². The van der Waals surface area contributed by atoms with Crippen LogP contribution in [0, 0.1) is 5.92 Å². The number of nitrogens with two attached hydrogens (primary N) is 1. The summed E-state index contributed by atoms with van der Waals surface area (Å²) in [5.74, 6) is -0.894. The fourth-order valence-corrected chi connectivity index (χ4v) is 4.32. The zero-order chi connectivity index (χ0) is 23.9. The van der Waals surface area contributed by atoms with Crippen LogP contribution in [0.15, 0.2) is 0 Å². The number of aliphatic hydroxyl groups is 9. The molecular formula is C18H33NO13. The van der Waals surface area contributed by atoms with Crippen molar-refractivity contribution in [1.29, 1.82) is 0 Å². The molecule has 0 aromatic rings. The first-order valence-electron chi connectivity index (χ1n) is 10.4. The molecule has 0 bridgehead atoms. The van der Waals surface area contributed by atoms with Gasteiger partial charge in [-0.2, -0.15) is 0 Å². The van der Waals surface area contributed by atoms with E-state index >= 15 is 0 Å². The lowest BCUT2D eigenvalue weighted by Crippen LogP contribution is -2.64. The number of hydrogen-bond acceptors (Lipinski definition) is 14. The summed E-state index contributed by atoms with van der Waals surface area (Å²) in [7, 11) is 0. The number of ether oxygens (including phenoxy) is 4. The third-order valence-corrected chi connectivity index (χ3v) is 6.42. The van der Waals surface area contributed by atoms with Gasteiger partial charge in [0.1, 0.15) is 48.8 Å². The normalized spacial score (nSPS) is 54.7. The predicted octanol–water partition coefficient (Wildman–Crippen LogP) is -6.31. The van der Waals surface area contributed by atoms with Gasteiger partial charge in [0, 0.05) is 12.0 Å². The van der Waals surface area contributed by atoms with Gasteiger partial charge in [0.25, 0.3) is 0 Å². The summed E-state index contributed by atoms with van der Waals surface area (Å²) in [5, 5.41) is 90.3. The van der Waals surface area contributed by atoms with Crippen LogP contribution in [0.25, 0.3) is 0 Å². The molecule has 5 unspecified atom stereocenters. The molecule has 1 aliphatic carbocycles. The first kappa shape index (κ1) is 26.1. The Labute approximate surface area is 183 Å². The van der Waals surface area contributed by atoms with E-state index in [1.54, 1.807) is 0 Å². The second-order valence-corrected chi connectivity index (χ2v) is 8.49. The zero-order valence-corrected chi connectivity index (χ0v) is 17.3. The molecule has 0 aromatic carbocycles. The summed E-state index contributed by atoms with van der Waals surface area (Å²) in [6.45, 7) is 0.163. The Morgan fingerprint density at radius 1 is 0.656 bits per heavy atom. The smallest absolute Gasteiger partial charge is 0.187 e. The van der Waals surface area contributed by atoms with Gasteiger partial charge in [0.15, 0.2) is 12.6 Å². The van der Waals surface area contributed by atoms with Crippen molar-refractivity contribution in [2.45, 2.75) is 92.7 Å². The fourth-order valence-electron chi connectivity index (χ4n) is 4.32. The van der Waals surface area contributed by atoms with Gasteiger partial charge in [0.05, 0.1) is 31.5 Å². The molecule has 188 valence electrons. The standard InChI is InChI=1S/C18H33NO13/c1-4-8(22)10(24)13(27)17(29-4)32-16-6(3-21)30-18(14(28)12(16)26)31-15-5(2-20)7(19)9(23)11(15)25/h4-18,20-28H,2-3,19H2,1H3/t4-,5?,6-,7?,8-,9?,10+,11?,12+,13-,14+,15?,16+,17-,18+/m1/s1. The number of hydrogen-bond donors (Lipinski definition) is 10. The van der Waals surface area contributed by atoms with E-state index in [9.17, 15) is 46.0 Å². The predicted molar refractivity (Wildman–Crippen MR) is 100 cm³/mol. The van der Waals surface area contributed by atoms with Crippen molar-refractivity contribution in [3.05, 3.63) is 0 Å². The van der Waals surface area contributed by atoms with Crippen molar-refractivity contribution in [2.24, 2.45) is 11.7 Å². The lowest BCUT2D eigenvalue weighted by atomic mass is 9.97. The van der Waals surface area contributed by atoms with Crippen molar-refractivity contribution in [1.82, 2.24) is 0 Å². The maximum absolute atomic E-state index is 10.6. The van der Waals surface area contributed by atoms with Gasteiger partial charge in [-0.05, 0) is 6.92 Å². The number of aliphatic hydroxyl groups excluding tert-OH is 9. The van der Waals surface area contributed by atoms with Crippen LogP contribution in [-0.4, -0.2) is 145 Å². The summed E-state index contributed by atoms with van der Waals surface area (Å²) in [6, 6.07) is -1.01. The van der Waals surface area contributed by atoms with Crippen LogP contribution in [0.3, 0.4) is 0 Å². The van der Waals surface area contributed by atoms with Crippen molar-refractivity contribution >= 4 is 0 Å². The second kappa shape index (κ2) is 10.4. The van der Waals surface area contributed by atoms with Crippen LogP contribution in [0.2, 0.25) is 0 Å². The molecule has 3 fully saturated rings. The van der Waals surface area contributed by atoms with E-state index in [2.05, 4.69) is 0 Å². The average Bonchev–Trinajstić information content (AvgIpc) is 2.98. The minimum absolute atomic E-state index is 0.538. The van der Waals surface area contributed by atoms with Crippen molar-refractivity contribution in [3.8, 4) is 0 Å². The van der Waals surface area contributed by atoms with E-state index < -0.39 is 105 Å². The van der Waals surface area contributed by atoms with Crippen molar-refractivity contribution < 1.29 is 64.9 Å².